The average molecular weight is 416 g/mol. The lowest BCUT2D eigenvalue weighted by atomic mass is 9.95. The fraction of sp³-hybridized carbons (Fsp3) is 0.538. The van der Waals surface area contributed by atoms with Gasteiger partial charge in [0.05, 0.1) is 10.0 Å². The maximum Gasteiger partial charge on any atom is 0.246 e. The van der Waals surface area contributed by atoms with Gasteiger partial charge in [-0.2, -0.15) is 4.31 Å². The van der Waals surface area contributed by atoms with Crippen LogP contribution in [0.4, 0.5) is 0 Å². The van der Waals surface area contributed by atoms with E-state index in [0.29, 0.717) is 30.0 Å². The summed E-state index contributed by atoms with van der Waals surface area (Å²) < 4.78 is 27.6. The van der Waals surface area contributed by atoms with Gasteiger partial charge in [-0.15, -0.1) is 0 Å². The molecular weight excluding hydrogens is 399 g/mol. The average Bonchev–Trinajstić information content (AvgIpc) is 2.38. The summed E-state index contributed by atoms with van der Waals surface area (Å²) in [5, 5.41) is 0.275. The Bertz CT molecular complexity index is 594. The molecule has 0 saturated carbocycles. The first-order valence-electron chi connectivity index (χ1n) is 6.71. The molecule has 0 amide bonds. The van der Waals surface area contributed by atoms with Crippen molar-refractivity contribution in [3.63, 3.8) is 0 Å². The molecule has 0 bridgehead atoms. The molecule has 2 rings (SSSR count). The number of hydrogen-bond acceptors (Lipinski definition) is 3. The molecule has 2 N–H and O–H groups in total. The first-order chi connectivity index (χ1) is 9.86. The molecule has 1 aromatic rings. The van der Waals surface area contributed by atoms with Crippen molar-refractivity contribution in [2.75, 3.05) is 19.6 Å². The largest absolute Gasteiger partial charge is 0.330 e. The molecule has 8 heteroatoms. The predicted octanol–water partition coefficient (Wildman–Crippen LogP) is 3.51. The molecule has 1 heterocycles. The fourth-order valence-electron chi connectivity index (χ4n) is 2.58. The highest BCUT2D eigenvalue weighted by Gasteiger charge is 2.32. The van der Waals surface area contributed by atoms with Crippen LogP contribution in [0.2, 0.25) is 10.0 Å². The third-order valence-electron chi connectivity index (χ3n) is 3.71. The van der Waals surface area contributed by atoms with Crippen molar-refractivity contribution in [2.45, 2.75) is 24.2 Å². The summed E-state index contributed by atoms with van der Waals surface area (Å²) in [4.78, 5) is -0.00805. The highest BCUT2D eigenvalue weighted by atomic mass is 79.9. The second-order valence-corrected chi connectivity index (χ2v) is 8.73. The SMILES string of the molecule is NCCC1CCN(S(=O)(=O)c2c(Cl)cc(Br)cc2Cl)CC1. The number of hydrogen-bond donors (Lipinski definition) is 1. The Kier molecular flexibility index (Phi) is 5.96. The minimum atomic E-state index is -3.66. The van der Waals surface area contributed by atoms with E-state index in [2.05, 4.69) is 15.9 Å². The van der Waals surface area contributed by atoms with E-state index in [1.165, 1.54) is 4.31 Å². The number of piperidine rings is 1. The number of sulfonamides is 1. The Hall–Kier alpha value is 0.150. The van der Waals surface area contributed by atoms with Crippen LogP contribution in [0.3, 0.4) is 0 Å². The van der Waals surface area contributed by atoms with Crippen LogP contribution in [-0.2, 0) is 10.0 Å². The molecule has 1 fully saturated rings. The van der Waals surface area contributed by atoms with Crippen molar-refractivity contribution in [1.82, 2.24) is 4.31 Å². The highest BCUT2D eigenvalue weighted by Crippen LogP contribution is 2.36. The molecule has 0 aromatic heterocycles. The molecule has 21 heavy (non-hydrogen) atoms. The van der Waals surface area contributed by atoms with Crippen molar-refractivity contribution >= 4 is 49.2 Å². The van der Waals surface area contributed by atoms with Crippen molar-refractivity contribution in [1.29, 1.82) is 0 Å². The van der Waals surface area contributed by atoms with E-state index in [4.69, 9.17) is 28.9 Å². The van der Waals surface area contributed by atoms with Crippen molar-refractivity contribution in [3.8, 4) is 0 Å². The quantitative estimate of drug-likeness (QED) is 0.818. The minimum Gasteiger partial charge on any atom is -0.330 e. The van der Waals surface area contributed by atoms with Crippen LogP contribution in [0, 0.1) is 5.92 Å². The summed E-state index contributed by atoms with van der Waals surface area (Å²) >= 11 is 15.4. The Labute approximate surface area is 143 Å². The molecule has 1 aromatic carbocycles. The minimum absolute atomic E-state index is 0.00805. The third kappa shape index (κ3) is 3.92. The van der Waals surface area contributed by atoms with Gasteiger partial charge in [-0.3, -0.25) is 0 Å². The standard InChI is InChI=1S/C13H17BrCl2N2O2S/c14-10-7-11(15)13(12(16)8-10)21(19,20)18-5-2-9(1-4-17)3-6-18/h7-9H,1-6,17H2. The van der Waals surface area contributed by atoms with Crippen molar-refractivity contribution in [3.05, 3.63) is 26.7 Å². The normalized spacial score (nSPS) is 18.1. The third-order valence-corrected chi connectivity index (χ3v) is 6.99. The molecule has 1 aliphatic heterocycles. The van der Waals surface area contributed by atoms with E-state index >= 15 is 0 Å². The number of nitrogens with zero attached hydrogens (tertiary/aromatic N) is 1. The van der Waals surface area contributed by atoms with Gasteiger partial charge in [-0.05, 0) is 43.9 Å². The zero-order valence-corrected chi connectivity index (χ0v) is 15.3. The topological polar surface area (TPSA) is 63.4 Å². The number of halogens is 3. The van der Waals surface area contributed by atoms with Crippen molar-refractivity contribution in [2.24, 2.45) is 11.7 Å². The van der Waals surface area contributed by atoms with Gasteiger partial charge in [0.1, 0.15) is 4.90 Å². The van der Waals surface area contributed by atoms with Crippen LogP contribution in [0.5, 0.6) is 0 Å². The van der Waals surface area contributed by atoms with E-state index in [0.717, 1.165) is 19.3 Å². The van der Waals surface area contributed by atoms with Gasteiger partial charge in [-0.1, -0.05) is 39.1 Å². The first kappa shape index (κ1) is 17.5. The van der Waals surface area contributed by atoms with Crippen LogP contribution in [0.15, 0.2) is 21.5 Å². The van der Waals surface area contributed by atoms with Gasteiger partial charge in [0.15, 0.2) is 0 Å². The summed E-state index contributed by atoms with van der Waals surface area (Å²) in [6.07, 6.45) is 2.58. The predicted molar refractivity (Wildman–Crippen MR) is 89.3 cm³/mol. The van der Waals surface area contributed by atoms with Crippen LogP contribution in [0.25, 0.3) is 0 Å². The molecule has 118 valence electrons. The Morgan fingerprint density at radius 1 is 1.24 bits per heavy atom. The van der Waals surface area contributed by atoms with Gasteiger partial charge in [0.2, 0.25) is 10.0 Å². The van der Waals surface area contributed by atoms with Gasteiger partial charge < -0.3 is 5.73 Å². The maximum absolute atomic E-state index is 12.7. The highest BCUT2D eigenvalue weighted by molar-refractivity contribution is 9.10. The Morgan fingerprint density at radius 2 is 1.76 bits per heavy atom. The van der Waals surface area contributed by atoms with E-state index in [1.807, 2.05) is 0 Å². The lowest BCUT2D eigenvalue weighted by molar-refractivity contribution is 0.266. The van der Waals surface area contributed by atoms with E-state index < -0.39 is 10.0 Å². The van der Waals surface area contributed by atoms with Gasteiger partial charge in [-0.25, -0.2) is 8.42 Å². The lowest BCUT2D eigenvalue weighted by Crippen LogP contribution is -2.39. The van der Waals surface area contributed by atoms with Crippen LogP contribution in [0.1, 0.15) is 19.3 Å². The van der Waals surface area contributed by atoms with E-state index in [-0.39, 0.29) is 14.9 Å². The summed E-state index contributed by atoms with van der Waals surface area (Å²) in [5.41, 5.74) is 5.55. The number of nitrogens with two attached hydrogens (primary N) is 1. The molecule has 1 aliphatic rings. The Balaban J connectivity index is 2.24. The molecule has 0 aliphatic carbocycles. The van der Waals surface area contributed by atoms with E-state index in [9.17, 15) is 8.42 Å². The van der Waals surface area contributed by atoms with Crippen LogP contribution >= 0.6 is 39.1 Å². The van der Waals surface area contributed by atoms with Gasteiger partial charge >= 0.3 is 0 Å². The summed E-state index contributed by atoms with van der Waals surface area (Å²) in [7, 11) is -3.66. The summed E-state index contributed by atoms with van der Waals surface area (Å²) in [6, 6.07) is 3.09. The zero-order chi connectivity index (χ0) is 15.6. The smallest absolute Gasteiger partial charge is 0.246 e. The molecular formula is C13H17BrCl2N2O2S. The molecule has 0 unspecified atom stereocenters. The number of benzene rings is 1. The summed E-state index contributed by atoms with van der Waals surface area (Å²) in [5.74, 6) is 0.498. The second kappa shape index (κ2) is 7.15. The fourth-order valence-corrected chi connectivity index (χ4v) is 5.93. The molecule has 4 nitrogen and oxygen atoms in total. The molecule has 0 spiro atoms. The van der Waals surface area contributed by atoms with Crippen LogP contribution in [-0.4, -0.2) is 32.4 Å². The molecule has 0 radical (unpaired) electrons. The second-order valence-electron chi connectivity index (χ2n) is 5.12. The van der Waals surface area contributed by atoms with Crippen LogP contribution < -0.4 is 5.73 Å². The molecule has 1 saturated heterocycles. The monoisotopic (exact) mass is 414 g/mol. The van der Waals surface area contributed by atoms with Gasteiger partial charge in [0, 0.05) is 17.6 Å². The molecule has 0 atom stereocenters. The first-order valence-corrected chi connectivity index (χ1v) is 9.70. The Morgan fingerprint density at radius 3 is 2.24 bits per heavy atom. The zero-order valence-electron chi connectivity index (χ0n) is 11.4. The van der Waals surface area contributed by atoms with E-state index in [1.54, 1.807) is 12.1 Å². The number of rotatable bonds is 4. The van der Waals surface area contributed by atoms with Gasteiger partial charge in [0.25, 0.3) is 0 Å². The van der Waals surface area contributed by atoms with Crippen molar-refractivity contribution < 1.29 is 8.42 Å². The summed E-state index contributed by atoms with van der Waals surface area (Å²) in [6.45, 7) is 1.60. The maximum atomic E-state index is 12.7. The lowest BCUT2D eigenvalue weighted by Gasteiger charge is -2.31.